The normalized spacial score (nSPS) is 13.2. The van der Waals surface area contributed by atoms with Gasteiger partial charge in [-0.2, -0.15) is 0 Å². The zero-order chi connectivity index (χ0) is 10.1. The van der Waals surface area contributed by atoms with Gasteiger partial charge in [0.05, 0.1) is 6.10 Å². The third-order valence-corrected chi connectivity index (χ3v) is 1.61. The molecule has 0 aromatic carbocycles. The van der Waals surface area contributed by atoms with Gasteiger partial charge in [0, 0.05) is 6.08 Å². The predicted molar refractivity (Wildman–Crippen MR) is 51.3 cm³/mol. The van der Waals surface area contributed by atoms with E-state index in [0.29, 0.717) is 6.42 Å². The molecule has 0 saturated carbocycles. The third-order valence-electron chi connectivity index (χ3n) is 1.61. The van der Waals surface area contributed by atoms with Crippen LogP contribution in [0.3, 0.4) is 0 Å². The van der Waals surface area contributed by atoms with E-state index < -0.39 is 12.1 Å². The Morgan fingerprint density at radius 1 is 1.62 bits per heavy atom. The molecule has 0 aliphatic rings. The van der Waals surface area contributed by atoms with Crippen LogP contribution >= 0.6 is 0 Å². The molecule has 13 heavy (non-hydrogen) atoms. The summed E-state index contributed by atoms with van der Waals surface area (Å²) in [5, 5.41) is 9.30. The molecule has 76 valence electrons. The summed E-state index contributed by atoms with van der Waals surface area (Å²) in [6.45, 7) is 3.90. The van der Waals surface area contributed by atoms with Crippen LogP contribution in [0.15, 0.2) is 12.2 Å². The van der Waals surface area contributed by atoms with Crippen LogP contribution in [0.5, 0.6) is 0 Å². The van der Waals surface area contributed by atoms with Crippen LogP contribution < -0.4 is 0 Å². The summed E-state index contributed by atoms with van der Waals surface area (Å²) in [5.74, 6) is -0.391. The van der Waals surface area contributed by atoms with Crippen LogP contribution in [0.1, 0.15) is 33.1 Å². The van der Waals surface area contributed by atoms with Crippen LogP contribution in [0.2, 0.25) is 0 Å². The highest BCUT2D eigenvalue weighted by Gasteiger charge is 2.05. The fourth-order valence-electron chi connectivity index (χ4n) is 0.886. The molecule has 1 N–H and O–H groups in total. The van der Waals surface area contributed by atoms with Crippen molar-refractivity contribution in [1.82, 2.24) is 0 Å². The number of ether oxygens (including phenoxy) is 1. The van der Waals surface area contributed by atoms with Gasteiger partial charge in [0.15, 0.2) is 0 Å². The predicted octanol–water partition coefficient (Wildman–Crippen LogP) is 1.66. The van der Waals surface area contributed by atoms with E-state index in [0.717, 1.165) is 12.8 Å². The van der Waals surface area contributed by atoms with Gasteiger partial charge in [-0.3, -0.25) is 0 Å². The zero-order valence-corrected chi connectivity index (χ0v) is 8.32. The topological polar surface area (TPSA) is 46.5 Å². The Kier molecular flexibility index (Phi) is 7.30. The molecular formula is C10H18O3. The summed E-state index contributed by atoms with van der Waals surface area (Å²) in [4.78, 5) is 10.8. The Bertz CT molecular complexity index is 164. The second kappa shape index (κ2) is 7.80. The summed E-state index contributed by atoms with van der Waals surface area (Å²) >= 11 is 0. The minimum atomic E-state index is -0.519. The van der Waals surface area contributed by atoms with E-state index in [2.05, 4.69) is 6.92 Å². The molecule has 0 heterocycles. The monoisotopic (exact) mass is 186 g/mol. The Morgan fingerprint density at radius 2 is 2.31 bits per heavy atom. The minimum absolute atomic E-state index is 0.100. The largest absolute Gasteiger partial charge is 0.460 e. The lowest BCUT2D eigenvalue weighted by atomic mass is 10.2. The number of aliphatic hydroxyl groups is 1. The highest BCUT2D eigenvalue weighted by atomic mass is 16.5. The Labute approximate surface area is 79.4 Å². The fourth-order valence-corrected chi connectivity index (χ4v) is 0.886. The first-order valence-electron chi connectivity index (χ1n) is 4.68. The van der Waals surface area contributed by atoms with Gasteiger partial charge >= 0.3 is 5.97 Å². The van der Waals surface area contributed by atoms with Gasteiger partial charge in [-0.25, -0.2) is 4.79 Å². The van der Waals surface area contributed by atoms with Gasteiger partial charge in [-0.15, -0.1) is 0 Å². The molecule has 1 atom stereocenters. The van der Waals surface area contributed by atoms with Gasteiger partial charge in [0.25, 0.3) is 0 Å². The van der Waals surface area contributed by atoms with E-state index >= 15 is 0 Å². The lowest BCUT2D eigenvalue weighted by molar-refractivity contribution is -0.140. The van der Waals surface area contributed by atoms with E-state index in [9.17, 15) is 9.90 Å². The quantitative estimate of drug-likeness (QED) is 0.507. The number of carbonyl (C=O) groups is 1. The van der Waals surface area contributed by atoms with Crippen molar-refractivity contribution in [3.05, 3.63) is 12.2 Å². The number of carbonyl (C=O) groups excluding carboxylic acids is 1. The number of hydrogen-bond donors (Lipinski definition) is 1. The number of unbranched alkanes of at least 4 members (excludes halogenated alkanes) is 1. The van der Waals surface area contributed by atoms with E-state index in [1.165, 1.54) is 6.08 Å². The summed E-state index contributed by atoms with van der Waals surface area (Å²) in [6.07, 6.45) is 5.13. The molecule has 0 spiro atoms. The molecule has 0 bridgehead atoms. The molecular weight excluding hydrogens is 168 g/mol. The molecule has 0 rings (SSSR count). The van der Waals surface area contributed by atoms with Crippen molar-refractivity contribution in [3.8, 4) is 0 Å². The van der Waals surface area contributed by atoms with Crippen molar-refractivity contribution in [2.24, 2.45) is 0 Å². The number of allylic oxidation sites excluding steroid dienone is 1. The van der Waals surface area contributed by atoms with Gasteiger partial charge in [0.2, 0.25) is 0 Å². The standard InChI is InChI=1S/C10H18O3/c1-3-5-7-9(11)8-13-10(12)6-4-2/h4,6,9,11H,3,5,7-8H2,1-2H3/b6-4+. The van der Waals surface area contributed by atoms with E-state index in [-0.39, 0.29) is 6.61 Å². The van der Waals surface area contributed by atoms with E-state index in [4.69, 9.17) is 4.74 Å². The second-order valence-electron chi connectivity index (χ2n) is 2.93. The third kappa shape index (κ3) is 7.53. The zero-order valence-electron chi connectivity index (χ0n) is 8.32. The Morgan fingerprint density at radius 3 is 2.85 bits per heavy atom. The molecule has 0 aliphatic carbocycles. The molecule has 3 nitrogen and oxygen atoms in total. The van der Waals surface area contributed by atoms with E-state index in [1.54, 1.807) is 13.0 Å². The van der Waals surface area contributed by atoms with Crippen molar-refractivity contribution in [3.63, 3.8) is 0 Å². The lowest BCUT2D eigenvalue weighted by Crippen LogP contribution is -2.17. The number of esters is 1. The van der Waals surface area contributed by atoms with Crippen LogP contribution in [0, 0.1) is 0 Å². The van der Waals surface area contributed by atoms with Crippen molar-refractivity contribution in [2.75, 3.05) is 6.61 Å². The van der Waals surface area contributed by atoms with Crippen LogP contribution in [0.4, 0.5) is 0 Å². The fraction of sp³-hybridized carbons (Fsp3) is 0.700. The van der Waals surface area contributed by atoms with Crippen LogP contribution in [-0.4, -0.2) is 23.8 Å². The highest BCUT2D eigenvalue weighted by Crippen LogP contribution is 2.00. The van der Waals surface area contributed by atoms with Crippen molar-refractivity contribution < 1.29 is 14.6 Å². The smallest absolute Gasteiger partial charge is 0.330 e. The molecule has 0 aromatic rings. The number of rotatable bonds is 6. The first-order chi connectivity index (χ1) is 6.20. The maximum Gasteiger partial charge on any atom is 0.330 e. The first kappa shape index (κ1) is 12.2. The Balaban J connectivity index is 3.45. The molecule has 1 unspecified atom stereocenters. The second-order valence-corrected chi connectivity index (χ2v) is 2.93. The van der Waals surface area contributed by atoms with Crippen molar-refractivity contribution in [2.45, 2.75) is 39.2 Å². The Hall–Kier alpha value is -0.830. The summed E-state index contributed by atoms with van der Waals surface area (Å²) < 4.78 is 4.77. The molecule has 0 amide bonds. The first-order valence-corrected chi connectivity index (χ1v) is 4.68. The molecule has 0 radical (unpaired) electrons. The van der Waals surface area contributed by atoms with Crippen LogP contribution in [-0.2, 0) is 9.53 Å². The van der Waals surface area contributed by atoms with Crippen LogP contribution in [0.25, 0.3) is 0 Å². The van der Waals surface area contributed by atoms with Gasteiger partial charge in [0.1, 0.15) is 6.61 Å². The van der Waals surface area contributed by atoms with E-state index in [1.807, 2.05) is 0 Å². The molecule has 0 fully saturated rings. The maximum atomic E-state index is 10.8. The molecule has 0 aliphatic heterocycles. The van der Waals surface area contributed by atoms with Gasteiger partial charge in [-0.05, 0) is 13.3 Å². The lowest BCUT2D eigenvalue weighted by Gasteiger charge is -2.08. The van der Waals surface area contributed by atoms with Gasteiger partial charge in [-0.1, -0.05) is 25.8 Å². The minimum Gasteiger partial charge on any atom is -0.460 e. The average Bonchev–Trinajstić information content (AvgIpc) is 2.12. The number of hydrogen-bond acceptors (Lipinski definition) is 3. The number of aliphatic hydroxyl groups excluding tert-OH is 1. The molecule has 0 aromatic heterocycles. The van der Waals surface area contributed by atoms with Crippen molar-refractivity contribution >= 4 is 5.97 Å². The highest BCUT2D eigenvalue weighted by molar-refractivity contribution is 5.81. The SMILES string of the molecule is C/C=C/C(=O)OCC(O)CCCC. The van der Waals surface area contributed by atoms with Crippen molar-refractivity contribution in [1.29, 1.82) is 0 Å². The summed E-state index contributed by atoms with van der Waals surface area (Å²) in [5.41, 5.74) is 0. The summed E-state index contributed by atoms with van der Waals surface area (Å²) in [7, 11) is 0. The maximum absolute atomic E-state index is 10.8. The van der Waals surface area contributed by atoms with Gasteiger partial charge < -0.3 is 9.84 Å². The molecule has 3 heteroatoms. The average molecular weight is 186 g/mol. The molecule has 0 saturated heterocycles. The summed E-state index contributed by atoms with van der Waals surface area (Å²) in [6, 6.07) is 0.